The van der Waals surface area contributed by atoms with Crippen LogP contribution in [0.1, 0.15) is 36.8 Å². The zero-order chi connectivity index (χ0) is 23.8. The Balaban J connectivity index is 1.61. The fourth-order valence-corrected chi connectivity index (χ4v) is 4.51. The van der Waals surface area contributed by atoms with Crippen LogP contribution in [0.5, 0.6) is 0 Å². The quantitative estimate of drug-likeness (QED) is 0.460. The zero-order valence-electron chi connectivity index (χ0n) is 18.9. The number of thioether (sulfide) groups is 1. The minimum absolute atomic E-state index is 0.0206. The number of aliphatic carboxylic acids is 1. The number of carboxylic acids is 1. The van der Waals surface area contributed by atoms with Crippen molar-refractivity contribution < 1.29 is 24.2 Å². The molecule has 1 aliphatic carbocycles. The molecule has 3 N–H and O–H groups in total. The average Bonchev–Trinajstić information content (AvgIpc) is 3.14. The van der Waals surface area contributed by atoms with E-state index in [0.29, 0.717) is 18.6 Å². The molecule has 2 atom stereocenters. The monoisotopic (exact) mass is 470 g/mol. The first kappa shape index (κ1) is 24.6. The SMILES string of the molecule is CCC(CNC(=O)[C@H](CCSC)NC(=O)OCC1c2ccccc2-c2ccccc21)C(=O)O. The van der Waals surface area contributed by atoms with E-state index in [-0.39, 0.29) is 19.1 Å². The van der Waals surface area contributed by atoms with Crippen molar-refractivity contribution in [3.63, 3.8) is 0 Å². The molecule has 0 spiro atoms. The number of nitrogens with one attached hydrogen (secondary N) is 2. The largest absolute Gasteiger partial charge is 0.481 e. The van der Waals surface area contributed by atoms with Gasteiger partial charge in [0.05, 0.1) is 5.92 Å². The van der Waals surface area contributed by atoms with Crippen LogP contribution in [0.3, 0.4) is 0 Å². The highest BCUT2D eigenvalue weighted by Crippen LogP contribution is 2.44. The first-order chi connectivity index (χ1) is 16.0. The molecule has 0 saturated heterocycles. The molecule has 2 aromatic rings. The van der Waals surface area contributed by atoms with Crippen molar-refractivity contribution in [2.45, 2.75) is 31.7 Å². The van der Waals surface area contributed by atoms with Crippen molar-refractivity contribution in [3.8, 4) is 11.1 Å². The number of alkyl carbamates (subject to hydrolysis) is 1. The lowest BCUT2D eigenvalue weighted by Crippen LogP contribution is -2.48. The number of ether oxygens (including phenoxy) is 1. The van der Waals surface area contributed by atoms with Gasteiger partial charge in [-0.2, -0.15) is 11.8 Å². The van der Waals surface area contributed by atoms with E-state index in [1.165, 1.54) is 0 Å². The van der Waals surface area contributed by atoms with E-state index in [1.807, 2.05) is 42.7 Å². The first-order valence-corrected chi connectivity index (χ1v) is 12.5. The van der Waals surface area contributed by atoms with Gasteiger partial charge < -0.3 is 20.5 Å². The normalized spacial score (nSPS) is 14.0. The number of amides is 2. The van der Waals surface area contributed by atoms with Gasteiger partial charge in [-0.25, -0.2) is 4.79 Å². The fraction of sp³-hybridized carbons (Fsp3) is 0.400. The molecule has 7 nitrogen and oxygen atoms in total. The molecule has 0 aromatic heterocycles. The summed E-state index contributed by atoms with van der Waals surface area (Å²) in [4.78, 5) is 36.4. The number of carboxylic acid groups (broad SMARTS) is 1. The third-order valence-corrected chi connectivity index (χ3v) is 6.57. The molecule has 176 valence electrons. The predicted octanol–water partition coefficient (Wildman–Crippen LogP) is 3.87. The molecule has 0 bridgehead atoms. The second-order valence-corrected chi connectivity index (χ2v) is 8.98. The minimum Gasteiger partial charge on any atom is -0.481 e. The molecule has 1 aliphatic rings. The molecule has 1 unspecified atom stereocenters. The number of hydrogen-bond donors (Lipinski definition) is 3. The molecule has 0 fully saturated rings. The fourth-order valence-electron chi connectivity index (χ4n) is 4.04. The van der Waals surface area contributed by atoms with Gasteiger partial charge in [0, 0.05) is 12.5 Å². The van der Waals surface area contributed by atoms with E-state index < -0.39 is 29.9 Å². The van der Waals surface area contributed by atoms with E-state index in [0.717, 1.165) is 22.3 Å². The van der Waals surface area contributed by atoms with E-state index in [2.05, 4.69) is 22.8 Å². The molecule has 3 rings (SSSR count). The third kappa shape index (κ3) is 6.07. The van der Waals surface area contributed by atoms with E-state index in [4.69, 9.17) is 4.74 Å². The number of hydrogen-bond acceptors (Lipinski definition) is 5. The Morgan fingerprint density at radius 2 is 1.67 bits per heavy atom. The molecule has 2 amide bonds. The van der Waals surface area contributed by atoms with Gasteiger partial charge in [-0.05, 0) is 47.1 Å². The third-order valence-electron chi connectivity index (χ3n) is 5.93. The molecule has 0 saturated carbocycles. The van der Waals surface area contributed by atoms with Gasteiger partial charge in [0.2, 0.25) is 5.91 Å². The number of benzene rings is 2. The lowest BCUT2D eigenvalue weighted by molar-refractivity contribution is -0.141. The number of carbonyl (C=O) groups excluding carboxylic acids is 2. The highest BCUT2D eigenvalue weighted by molar-refractivity contribution is 7.98. The maximum Gasteiger partial charge on any atom is 0.407 e. The smallest absolute Gasteiger partial charge is 0.407 e. The van der Waals surface area contributed by atoms with Gasteiger partial charge in [0.15, 0.2) is 0 Å². The first-order valence-electron chi connectivity index (χ1n) is 11.1. The van der Waals surface area contributed by atoms with E-state index in [1.54, 1.807) is 18.7 Å². The predicted molar refractivity (Wildman–Crippen MR) is 129 cm³/mol. The van der Waals surface area contributed by atoms with Crippen LogP contribution in [-0.2, 0) is 14.3 Å². The second kappa shape index (κ2) is 11.7. The summed E-state index contributed by atoms with van der Waals surface area (Å²) in [5.74, 6) is -1.43. The van der Waals surface area contributed by atoms with Gasteiger partial charge in [-0.1, -0.05) is 55.5 Å². The van der Waals surface area contributed by atoms with Crippen molar-refractivity contribution >= 4 is 29.7 Å². The van der Waals surface area contributed by atoms with Gasteiger partial charge in [-0.15, -0.1) is 0 Å². The summed E-state index contributed by atoms with van der Waals surface area (Å²) < 4.78 is 5.55. The Hall–Kier alpha value is -3.00. The molecule has 33 heavy (non-hydrogen) atoms. The van der Waals surface area contributed by atoms with Gasteiger partial charge in [0.25, 0.3) is 0 Å². The summed E-state index contributed by atoms with van der Waals surface area (Å²) in [7, 11) is 0. The standard InChI is InChI=1S/C25H30N2O5S/c1-3-16(24(29)30)14-26-23(28)22(12-13-33-2)27-25(31)32-15-21-19-10-6-4-8-17(19)18-9-5-7-11-20(18)21/h4-11,16,21-22H,3,12-15H2,1-2H3,(H,26,28)(H,27,31)(H,29,30)/t16?,22-/m0/s1. The molecule has 0 radical (unpaired) electrons. The number of carbonyl (C=O) groups is 3. The summed E-state index contributed by atoms with van der Waals surface area (Å²) in [6.07, 6.45) is 2.08. The lowest BCUT2D eigenvalue weighted by atomic mass is 9.98. The van der Waals surface area contributed by atoms with Gasteiger partial charge >= 0.3 is 12.1 Å². The van der Waals surface area contributed by atoms with Crippen LogP contribution in [0.2, 0.25) is 0 Å². The summed E-state index contributed by atoms with van der Waals surface area (Å²) in [6, 6.07) is 15.4. The van der Waals surface area contributed by atoms with Crippen molar-refractivity contribution in [2.24, 2.45) is 5.92 Å². The number of rotatable bonds is 11. The van der Waals surface area contributed by atoms with Gasteiger partial charge in [-0.3, -0.25) is 9.59 Å². The van der Waals surface area contributed by atoms with Crippen molar-refractivity contribution in [1.29, 1.82) is 0 Å². The van der Waals surface area contributed by atoms with Crippen LogP contribution in [0.4, 0.5) is 4.79 Å². The van der Waals surface area contributed by atoms with Crippen LogP contribution in [-0.4, -0.2) is 54.3 Å². The molecule has 8 heteroatoms. The summed E-state index contributed by atoms with van der Waals surface area (Å²) in [5.41, 5.74) is 4.51. The van der Waals surface area contributed by atoms with E-state index in [9.17, 15) is 19.5 Å². The Bertz CT molecular complexity index is 951. The Morgan fingerprint density at radius 1 is 1.06 bits per heavy atom. The van der Waals surface area contributed by atoms with Crippen LogP contribution < -0.4 is 10.6 Å². The molecule has 0 heterocycles. The molecular weight excluding hydrogens is 440 g/mol. The minimum atomic E-state index is -0.956. The maximum atomic E-state index is 12.6. The van der Waals surface area contributed by atoms with Gasteiger partial charge in [0.1, 0.15) is 12.6 Å². The average molecular weight is 471 g/mol. The number of fused-ring (bicyclic) bond motifs is 3. The van der Waals surface area contributed by atoms with Crippen molar-refractivity contribution in [1.82, 2.24) is 10.6 Å². The second-order valence-electron chi connectivity index (χ2n) is 7.99. The summed E-state index contributed by atoms with van der Waals surface area (Å²) >= 11 is 1.56. The molecule has 0 aliphatic heterocycles. The van der Waals surface area contributed by atoms with Crippen molar-refractivity contribution in [2.75, 3.05) is 25.2 Å². The van der Waals surface area contributed by atoms with Crippen molar-refractivity contribution in [3.05, 3.63) is 59.7 Å². The van der Waals surface area contributed by atoms with Crippen LogP contribution in [0, 0.1) is 5.92 Å². The topological polar surface area (TPSA) is 105 Å². The maximum absolute atomic E-state index is 12.6. The van der Waals surface area contributed by atoms with Crippen LogP contribution in [0.25, 0.3) is 11.1 Å². The molecular formula is C25H30N2O5S. The Morgan fingerprint density at radius 3 is 2.21 bits per heavy atom. The summed E-state index contributed by atoms with van der Waals surface area (Å²) in [5, 5.41) is 14.5. The van der Waals surface area contributed by atoms with Crippen LogP contribution >= 0.6 is 11.8 Å². The molecule has 2 aromatic carbocycles. The van der Waals surface area contributed by atoms with E-state index >= 15 is 0 Å². The van der Waals surface area contributed by atoms with Crippen LogP contribution in [0.15, 0.2) is 48.5 Å². The summed E-state index contributed by atoms with van der Waals surface area (Å²) in [6.45, 7) is 1.94. The Labute approximate surface area is 198 Å². The highest BCUT2D eigenvalue weighted by atomic mass is 32.2. The lowest BCUT2D eigenvalue weighted by Gasteiger charge is -2.20. The Kier molecular flexibility index (Phi) is 8.77. The highest BCUT2D eigenvalue weighted by Gasteiger charge is 2.30. The zero-order valence-corrected chi connectivity index (χ0v) is 19.7.